The van der Waals surface area contributed by atoms with Gasteiger partial charge >= 0.3 is 0 Å². The van der Waals surface area contributed by atoms with E-state index in [2.05, 4.69) is 77.1 Å². The number of hydrogen-bond acceptors (Lipinski definition) is 2. The van der Waals surface area contributed by atoms with Crippen molar-refractivity contribution < 1.29 is 0 Å². The highest BCUT2D eigenvalue weighted by Gasteiger charge is 2.09. The second-order valence-corrected chi connectivity index (χ2v) is 6.90. The smallest absolute Gasteiger partial charge is 0.0880 e. The topological polar surface area (TPSA) is 28.0 Å². The first-order chi connectivity index (χ1) is 14.4. The van der Waals surface area contributed by atoms with E-state index in [9.17, 15) is 0 Å². The van der Waals surface area contributed by atoms with Crippen LogP contribution >= 0.6 is 0 Å². The molecule has 0 heterocycles. The number of fused-ring (bicyclic) bond motifs is 2. The number of benzene rings is 5. The van der Waals surface area contributed by atoms with Gasteiger partial charge in [0, 0.05) is 0 Å². The Balaban J connectivity index is 1.57. The van der Waals surface area contributed by atoms with Gasteiger partial charge in [0.15, 0.2) is 0 Å². The molecule has 0 aliphatic carbocycles. The highest BCUT2D eigenvalue weighted by Crippen LogP contribution is 2.30. The fourth-order valence-electron chi connectivity index (χ4n) is 3.47. The quantitative estimate of drug-likeness (QED) is 0.233. The summed E-state index contributed by atoms with van der Waals surface area (Å²) >= 11 is 0. The lowest BCUT2D eigenvalue weighted by molar-refractivity contribution is 0.975. The molecule has 0 unspecified atom stereocenters. The molecule has 0 aromatic heterocycles. The van der Waals surface area contributed by atoms with Crippen molar-refractivity contribution in [2.75, 3.05) is 5.01 Å². The lowest BCUT2D eigenvalue weighted by atomic mass is 10.1. The third-order valence-electron chi connectivity index (χ3n) is 4.96. The molecule has 5 rings (SSSR count). The van der Waals surface area contributed by atoms with Crippen molar-refractivity contribution in [2.24, 2.45) is 10.3 Å². The zero-order valence-corrected chi connectivity index (χ0v) is 15.8. The van der Waals surface area contributed by atoms with Crippen LogP contribution in [0.25, 0.3) is 21.5 Å². The molecule has 138 valence electrons. The summed E-state index contributed by atoms with van der Waals surface area (Å²) in [5, 5.41) is 15.7. The fourth-order valence-corrected chi connectivity index (χ4v) is 3.47. The SMILES string of the molecule is c1ccc(N(N=Nc2ccc3ccccc3c2)c2ccc3ccccc3c2)cc1. The summed E-state index contributed by atoms with van der Waals surface area (Å²) in [7, 11) is 0. The van der Waals surface area contributed by atoms with Crippen molar-refractivity contribution in [1.29, 1.82) is 0 Å². The maximum Gasteiger partial charge on any atom is 0.0880 e. The van der Waals surface area contributed by atoms with Crippen molar-refractivity contribution in [3.63, 3.8) is 0 Å². The number of hydrogen-bond donors (Lipinski definition) is 0. The lowest BCUT2D eigenvalue weighted by Crippen LogP contribution is -2.07. The van der Waals surface area contributed by atoms with Gasteiger partial charge in [-0.25, -0.2) is 5.01 Å². The fraction of sp³-hybridized carbons (Fsp3) is 0. The molecule has 3 nitrogen and oxygen atoms in total. The minimum atomic E-state index is 0.824. The van der Waals surface area contributed by atoms with E-state index in [0.29, 0.717) is 0 Å². The summed E-state index contributed by atoms with van der Waals surface area (Å²) < 4.78 is 0. The third-order valence-corrected chi connectivity index (χ3v) is 4.96. The van der Waals surface area contributed by atoms with Gasteiger partial charge in [-0.05, 0) is 57.9 Å². The van der Waals surface area contributed by atoms with Gasteiger partial charge in [0.2, 0.25) is 0 Å². The molecule has 29 heavy (non-hydrogen) atoms. The van der Waals surface area contributed by atoms with Gasteiger partial charge in [-0.2, -0.15) is 0 Å². The summed E-state index contributed by atoms with van der Waals surface area (Å²) in [6, 6.07) is 39.2. The summed E-state index contributed by atoms with van der Waals surface area (Å²) in [6.45, 7) is 0. The molecule has 0 atom stereocenters. The molecule has 0 fully saturated rings. The molecule has 5 aromatic rings. The molecular weight excluding hydrogens is 354 g/mol. The van der Waals surface area contributed by atoms with Crippen molar-refractivity contribution in [2.45, 2.75) is 0 Å². The van der Waals surface area contributed by atoms with Crippen LogP contribution in [0, 0.1) is 0 Å². The molecular formula is C26H19N3. The second kappa shape index (κ2) is 7.56. The normalized spacial score (nSPS) is 11.3. The third kappa shape index (κ3) is 3.58. The minimum Gasteiger partial charge on any atom is -0.215 e. The molecule has 0 bridgehead atoms. The highest BCUT2D eigenvalue weighted by molar-refractivity contribution is 5.87. The zero-order chi connectivity index (χ0) is 19.5. The van der Waals surface area contributed by atoms with Crippen LogP contribution in [0.5, 0.6) is 0 Å². The van der Waals surface area contributed by atoms with Crippen LogP contribution in [0.15, 0.2) is 126 Å². The van der Waals surface area contributed by atoms with Gasteiger partial charge in [0.25, 0.3) is 0 Å². The zero-order valence-electron chi connectivity index (χ0n) is 15.8. The Bertz CT molecular complexity index is 1310. The number of rotatable bonds is 4. The summed E-state index contributed by atoms with van der Waals surface area (Å²) in [5.74, 6) is 0. The molecule has 5 aromatic carbocycles. The van der Waals surface area contributed by atoms with Crippen molar-refractivity contribution in [3.8, 4) is 0 Å². The standard InChI is InChI=1S/C26H19N3/c1-2-12-25(13-3-1)29(26-17-15-21-9-5-7-11-23(21)19-26)28-27-24-16-14-20-8-4-6-10-22(20)18-24/h1-19H. The van der Waals surface area contributed by atoms with E-state index in [1.165, 1.54) is 16.2 Å². The molecule has 0 radical (unpaired) electrons. The average Bonchev–Trinajstić information content (AvgIpc) is 2.80. The lowest BCUT2D eigenvalue weighted by Gasteiger charge is -2.18. The molecule has 0 amide bonds. The van der Waals surface area contributed by atoms with Crippen LogP contribution in [0.3, 0.4) is 0 Å². The largest absolute Gasteiger partial charge is 0.215 e. The first-order valence-corrected chi connectivity index (χ1v) is 9.61. The average molecular weight is 373 g/mol. The van der Waals surface area contributed by atoms with Crippen LogP contribution in [-0.2, 0) is 0 Å². The maximum atomic E-state index is 4.61. The molecule has 0 aliphatic rings. The Kier molecular flexibility index (Phi) is 4.47. The van der Waals surface area contributed by atoms with Crippen LogP contribution in [0.1, 0.15) is 0 Å². The summed E-state index contributed by atoms with van der Waals surface area (Å²) in [4.78, 5) is 0. The predicted molar refractivity (Wildman–Crippen MR) is 121 cm³/mol. The predicted octanol–water partition coefficient (Wildman–Crippen LogP) is 7.83. The van der Waals surface area contributed by atoms with Gasteiger partial charge in [-0.15, -0.1) is 5.11 Å². The van der Waals surface area contributed by atoms with Gasteiger partial charge in [-0.3, -0.25) is 0 Å². The van der Waals surface area contributed by atoms with E-state index in [-0.39, 0.29) is 0 Å². The summed E-state index contributed by atoms with van der Waals surface area (Å²) in [6.07, 6.45) is 0. The van der Waals surface area contributed by atoms with Gasteiger partial charge in [0.05, 0.1) is 17.1 Å². The van der Waals surface area contributed by atoms with Crippen LogP contribution in [0.2, 0.25) is 0 Å². The molecule has 0 saturated carbocycles. The minimum absolute atomic E-state index is 0.824. The van der Waals surface area contributed by atoms with E-state index < -0.39 is 0 Å². The molecule has 0 saturated heterocycles. The van der Waals surface area contributed by atoms with Gasteiger partial charge in [-0.1, -0.05) is 84.1 Å². The Morgan fingerprint density at radius 2 is 1.03 bits per heavy atom. The van der Waals surface area contributed by atoms with Crippen molar-refractivity contribution in [1.82, 2.24) is 0 Å². The number of anilines is 2. The van der Waals surface area contributed by atoms with Gasteiger partial charge in [0.1, 0.15) is 0 Å². The second-order valence-electron chi connectivity index (χ2n) is 6.90. The van der Waals surface area contributed by atoms with Crippen molar-refractivity contribution >= 4 is 38.6 Å². The van der Waals surface area contributed by atoms with E-state index >= 15 is 0 Å². The monoisotopic (exact) mass is 373 g/mol. The highest BCUT2D eigenvalue weighted by atomic mass is 15.5. The maximum absolute atomic E-state index is 4.61. The van der Waals surface area contributed by atoms with E-state index in [1.807, 2.05) is 53.5 Å². The molecule has 0 aliphatic heterocycles. The first kappa shape index (κ1) is 17.1. The molecule has 0 spiro atoms. The number of para-hydroxylation sites is 1. The molecule has 0 N–H and O–H groups in total. The van der Waals surface area contributed by atoms with Crippen molar-refractivity contribution in [3.05, 3.63) is 115 Å². The van der Waals surface area contributed by atoms with E-state index in [1.54, 1.807) is 0 Å². The first-order valence-electron chi connectivity index (χ1n) is 9.61. The van der Waals surface area contributed by atoms with E-state index in [0.717, 1.165) is 22.4 Å². The Morgan fingerprint density at radius 1 is 0.448 bits per heavy atom. The van der Waals surface area contributed by atoms with Gasteiger partial charge < -0.3 is 0 Å². The Hall–Kier alpha value is -3.98. The van der Waals surface area contributed by atoms with Crippen LogP contribution in [-0.4, -0.2) is 0 Å². The van der Waals surface area contributed by atoms with Crippen LogP contribution < -0.4 is 5.01 Å². The number of nitrogens with zero attached hydrogens (tertiary/aromatic N) is 3. The Morgan fingerprint density at radius 3 is 1.76 bits per heavy atom. The van der Waals surface area contributed by atoms with Crippen LogP contribution in [0.4, 0.5) is 17.1 Å². The van der Waals surface area contributed by atoms with E-state index in [4.69, 9.17) is 0 Å². The molecule has 3 heteroatoms. The summed E-state index contributed by atoms with van der Waals surface area (Å²) in [5.41, 5.74) is 2.76. The Labute approximate surface area is 169 Å².